The highest BCUT2D eigenvalue weighted by Crippen LogP contribution is 2.13. The minimum absolute atomic E-state index is 0.0900. The Labute approximate surface area is 88.7 Å². The van der Waals surface area contributed by atoms with Crippen LogP contribution in [0.2, 0.25) is 0 Å². The molecule has 4 heteroatoms. The minimum atomic E-state index is 0.0900. The summed E-state index contributed by atoms with van der Waals surface area (Å²) in [6.07, 6.45) is 4.05. The first-order chi connectivity index (χ1) is 7.34. The van der Waals surface area contributed by atoms with Gasteiger partial charge in [-0.15, -0.1) is 0 Å². The number of nitrogens with one attached hydrogen (secondary N) is 1. The molecule has 1 saturated heterocycles. The van der Waals surface area contributed by atoms with E-state index in [4.69, 9.17) is 4.74 Å². The van der Waals surface area contributed by atoms with Gasteiger partial charge in [0, 0.05) is 31.3 Å². The topological polar surface area (TPSA) is 51.2 Å². The largest absolute Gasteiger partial charge is 0.381 e. The number of hydrogen-bond donors (Lipinski definition) is 1. The minimum Gasteiger partial charge on any atom is -0.381 e. The van der Waals surface area contributed by atoms with Crippen molar-refractivity contribution in [3.8, 4) is 0 Å². The Kier molecular flexibility index (Phi) is 3.29. The molecule has 0 saturated carbocycles. The van der Waals surface area contributed by atoms with Gasteiger partial charge in [0.1, 0.15) is 0 Å². The Morgan fingerprint density at radius 1 is 1.60 bits per heavy atom. The van der Waals surface area contributed by atoms with E-state index >= 15 is 0 Å². The molecule has 1 N–H and O–H groups in total. The Morgan fingerprint density at radius 3 is 3.07 bits per heavy atom. The quantitative estimate of drug-likeness (QED) is 0.790. The predicted octanol–water partition coefficient (Wildman–Crippen LogP) is 0.734. The summed E-state index contributed by atoms with van der Waals surface area (Å²) >= 11 is 0. The lowest BCUT2D eigenvalue weighted by molar-refractivity contribution is -0.126. The zero-order chi connectivity index (χ0) is 10.5. The van der Waals surface area contributed by atoms with Crippen molar-refractivity contribution in [1.29, 1.82) is 0 Å². The van der Waals surface area contributed by atoms with Gasteiger partial charge in [0.05, 0.1) is 13.2 Å². The van der Waals surface area contributed by atoms with Crippen molar-refractivity contribution in [3.05, 3.63) is 30.1 Å². The fourth-order valence-corrected chi connectivity index (χ4v) is 1.44. The average Bonchev–Trinajstić information content (AvgIpc) is 2.22. The van der Waals surface area contributed by atoms with Crippen LogP contribution in [0, 0.1) is 5.92 Å². The molecule has 0 aromatic carbocycles. The van der Waals surface area contributed by atoms with Gasteiger partial charge < -0.3 is 10.1 Å². The Bertz CT molecular complexity index is 323. The Morgan fingerprint density at radius 2 is 2.47 bits per heavy atom. The van der Waals surface area contributed by atoms with Crippen LogP contribution in [0.1, 0.15) is 12.0 Å². The van der Waals surface area contributed by atoms with Crippen LogP contribution in [-0.2, 0) is 16.1 Å². The van der Waals surface area contributed by atoms with Crippen LogP contribution in [0.15, 0.2) is 24.5 Å². The first-order valence-electron chi connectivity index (χ1n) is 5.08. The smallest absolute Gasteiger partial charge is 0.220 e. The summed E-state index contributed by atoms with van der Waals surface area (Å²) in [5.74, 6) is 0.506. The van der Waals surface area contributed by atoms with Crippen LogP contribution in [0.5, 0.6) is 0 Å². The Balaban J connectivity index is 1.71. The number of ether oxygens (including phenoxy) is 1. The van der Waals surface area contributed by atoms with Crippen LogP contribution in [-0.4, -0.2) is 24.1 Å². The maximum absolute atomic E-state index is 11.4. The number of rotatable bonds is 4. The summed E-state index contributed by atoms with van der Waals surface area (Å²) in [5.41, 5.74) is 1.02. The number of aromatic nitrogens is 1. The molecule has 1 aliphatic rings. The van der Waals surface area contributed by atoms with Crippen molar-refractivity contribution < 1.29 is 9.53 Å². The van der Waals surface area contributed by atoms with Crippen molar-refractivity contribution in [2.45, 2.75) is 13.0 Å². The molecule has 0 unspecified atom stereocenters. The van der Waals surface area contributed by atoms with E-state index in [1.807, 2.05) is 12.1 Å². The van der Waals surface area contributed by atoms with E-state index in [9.17, 15) is 4.79 Å². The number of carbonyl (C=O) groups excluding carboxylic acids is 1. The highest BCUT2D eigenvalue weighted by atomic mass is 16.5. The first kappa shape index (κ1) is 10.1. The molecule has 1 amide bonds. The molecular formula is C11H14N2O2. The summed E-state index contributed by atoms with van der Waals surface area (Å²) in [7, 11) is 0. The molecule has 2 rings (SSSR count). The molecular weight excluding hydrogens is 192 g/mol. The van der Waals surface area contributed by atoms with Crippen molar-refractivity contribution in [3.63, 3.8) is 0 Å². The zero-order valence-corrected chi connectivity index (χ0v) is 8.48. The monoisotopic (exact) mass is 206 g/mol. The molecule has 4 nitrogen and oxygen atoms in total. The van der Waals surface area contributed by atoms with E-state index in [-0.39, 0.29) is 5.91 Å². The average molecular weight is 206 g/mol. The molecule has 1 aromatic heterocycles. The second-order valence-corrected chi connectivity index (χ2v) is 3.75. The van der Waals surface area contributed by atoms with Gasteiger partial charge in [-0.3, -0.25) is 9.78 Å². The maximum atomic E-state index is 11.4. The van der Waals surface area contributed by atoms with Gasteiger partial charge >= 0.3 is 0 Å². The molecule has 1 aromatic rings. The molecule has 0 aliphatic carbocycles. The van der Waals surface area contributed by atoms with E-state index in [2.05, 4.69) is 10.3 Å². The molecule has 80 valence electrons. The maximum Gasteiger partial charge on any atom is 0.220 e. The van der Waals surface area contributed by atoms with Crippen LogP contribution in [0.3, 0.4) is 0 Å². The van der Waals surface area contributed by atoms with Gasteiger partial charge in [0.25, 0.3) is 0 Å². The van der Waals surface area contributed by atoms with Crippen molar-refractivity contribution in [1.82, 2.24) is 10.3 Å². The number of amides is 1. The Hall–Kier alpha value is -1.42. The lowest BCUT2D eigenvalue weighted by Gasteiger charge is -2.25. The third-order valence-electron chi connectivity index (χ3n) is 2.39. The summed E-state index contributed by atoms with van der Waals surface area (Å²) in [6, 6.07) is 3.81. The van der Waals surface area contributed by atoms with Gasteiger partial charge in [0.15, 0.2) is 0 Å². The molecule has 2 heterocycles. The molecule has 0 bridgehead atoms. The van der Waals surface area contributed by atoms with Crippen LogP contribution in [0.4, 0.5) is 0 Å². The molecule has 0 radical (unpaired) electrons. The molecule has 1 fully saturated rings. The van der Waals surface area contributed by atoms with E-state index in [0.29, 0.717) is 18.9 Å². The fourth-order valence-electron chi connectivity index (χ4n) is 1.44. The SMILES string of the molecule is O=C(CC1COC1)NCc1cccnc1. The van der Waals surface area contributed by atoms with Crippen LogP contribution in [0.25, 0.3) is 0 Å². The number of carbonyl (C=O) groups is 1. The van der Waals surface area contributed by atoms with E-state index < -0.39 is 0 Å². The lowest BCUT2D eigenvalue weighted by atomic mass is 10.0. The number of nitrogens with zero attached hydrogens (tertiary/aromatic N) is 1. The summed E-state index contributed by atoms with van der Waals surface area (Å²) < 4.78 is 5.01. The third-order valence-corrected chi connectivity index (χ3v) is 2.39. The highest BCUT2D eigenvalue weighted by Gasteiger charge is 2.21. The summed E-state index contributed by atoms with van der Waals surface area (Å²) in [6.45, 7) is 2.00. The van der Waals surface area contributed by atoms with Gasteiger partial charge in [-0.25, -0.2) is 0 Å². The van der Waals surface area contributed by atoms with Gasteiger partial charge in [0.2, 0.25) is 5.91 Å². The molecule has 0 spiro atoms. The van der Waals surface area contributed by atoms with Gasteiger partial charge in [-0.1, -0.05) is 6.07 Å². The second-order valence-electron chi connectivity index (χ2n) is 3.75. The van der Waals surface area contributed by atoms with Crippen molar-refractivity contribution in [2.75, 3.05) is 13.2 Å². The fraction of sp³-hybridized carbons (Fsp3) is 0.455. The molecule has 15 heavy (non-hydrogen) atoms. The zero-order valence-electron chi connectivity index (χ0n) is 8.48. The van der Waals surface area contributed by atoms with Crippen LogP contribution < -0.4 is 5.32 Å². The van der Waals surface area contributed by atoms with Crippen molar-refractivity contribution in [2.24, 2.45) is 5.92 Å². The first-order valence-corrected chi connectivity index (χ1v) is 5.08. The normalized spacial score (nSPS) is 15.7. The standard InChI is InChI=1S/C11H14N2O2/c14-11(4-10-7-15-8-10)13-6-9-2-1-3-12-5-9/h1-3,5,10H,4,6-8H2,(H,13,14). The van der Waals surface area contributed by atoms with Crippen LogP contribution >= 0.6 is 0 Å². The number of hydrogen-bond acceptors (Lipinski definition) is 3. The van der Waals surface area contributed by atoms with E-state index in [0.717, 1.165) is 18.8 Å². The van der Waals surface area contributed by atoms with Gasteiger partial charge in [-0.05, 0) is 11.6 Å². The predicted molar refractivity (Wildman–Crippen MR) is 55.0 cm³/mol. The summed E-state index contributed by atoms with van der Waals surface area (Å²) in [4.78, 5) is 15.4. The summed E-state index contributed by atoms with van der Waals surface area (Å²) in [5, 5.41) is 2.86. The van der Waals surface area contributed by atoms with Gasteiger partial charge in [-0.2, -0.15) is 0 Å². The number of pyridine rings is 1. The second kappa shape index (κ2) is 4.89. The third kappa shape index (κ3) is 3.02. The van der Waals surface area contributed by atoms with Crippen molar-refractivity contribution >= 4 is 5.91 Å². The van der Waals surface area contributed by atoms with E-state index in [1.165, 1.54) is 0 Å². The lowest BCUT2D eigenvalue weighted by Crippen LogP contribution is -2.34. The highest BCUT2D eigenvalue weighted by molar-refractivity contribution is 5.76. The van der Waals surface area contributed by atoms with E-state index in [1.54, 1.807) is 12.4 Å². The molecule has 0 atom stereocenters. The molecule has 1 aliphatic heterocycles.